The third kappa shape index (κ3) is 1.92. The van der Waals surface area contributed by atoms with Crippen molar-refractivity contribution in [1.29, 1.82) is 0 Å². The molecule has 0 aromatic carbocycles. The van der Waals surface area contributed by atoms with E-state index in [0.29, 0.717) is 5.92 Å². The SMILES string of the molecule is CC(C)C(N)c1ccnc(=O)[nH]1. The summed E-state index contributed by atoms with van der Waals surface area (Å²) in [4.78, 5) is 16.9. The number of nitrogens with two attached hydrogens (primary N) is 1. The molecule has 0 saturated heterocycles. The molecule has 4 nitrogen and oxygen atoms in total. The summed E-state index contributed by atoms with van der Waals surface area (Å²) in [6.07, 6.45) is 1.47. The quantitative estimate of drug-likeness (QED) is 0.670. The van der Waals surface area contributed by atoms with Crippen molar-refractivity contribution >= 4 is 0 Å². The zero-order valence-electron chi connectivity index (χ0n) is 7.24. The van der Waals surface area contributed by atoms with Crippen LogP contribution in [0, 0.1) is 5.92 Å². The summed E-state index contributed by atoms with van der Waals surface area (Å²) in [6, 6.07) is 1.60. The predicted molar refractivity (Wildman–Crippen MR) is 46.6 cm³/mol. The van der Waals surface area contributed by atoms with Crippen molar-refractivity contribution in [2.45, 2.75) is 19.9 Å². The molecule has 0 aliphatic rings. The van der Waals surface area contributed by atoms with Crippen LogP contribution in [0.25, 0.3) is 0 Å². The lowest BCUT2D eigenvalue weighted by Crippen LogP contribution is -2.22. The molecule has 1 aromatic rings. The molecular formula is C8H13N3O. The standard InChI is InChI=1S/C8H13N3O/c1-5(2)7(9)6-3-4-10-8(12)11-6/h3-5,7H,9H2,1-2H3,(H,10,11,12). The van der Waals surface area contributed by atoms with E-state index in [1.165, 1.54) is 6.20 Å². The van der Waals surface area contributed by atoms with Crippen LogP contribution >= 0.6 is 0 Å². The number of aromatic amines is 1. The lowest BCUT2D eigenvalue weighted by atomic mass is 10.0. The Morgan fingerprint density at radius 1 is 1.58 bits per heavy atom. The average molecular weight is 167 g/mol. The van der Waals surface area contributed by atoms with Crippen molar-refractivity contribution in [3.05, 3.63) is 28.4 Å². The first-order valence-electron chi connectivity index (χ1n) is 3.92. The Labute approximate surface area is 70.8 Å². The molecule has 0 amide bonds. The molecule has 4 heteroatoms. The minimum absolute atomic E-state index is 0.124. The fraction of sp³-hybridized carbons (Fsp3) is 0.500. The van der Waals surface area contributed by atoms with Crippen LogP contribution in [0.2, 0.25) is 0 Å². The van der Waals surface area contributed by atoms with Gasteiger partial charge in [0.25, 0.3) is 0 Å². The Balaban J connectivity index is 2.95. The van der Waals surface area contributed by atoms with Gasteiger partial charge in [-0.15, -0.1) is 0 Å². The molecule has 0 radical (unpaired) electrons. The number of H-pyrrole nitrogens is 1. The fourth-order valence-electron chi connectivity index (χ4n) is 0.936. The maximum Gasteiger partial charge on any atom is 0.345 e. The first-order chi connectivity index (χ1) is 5.61. The van der Waals surface area contributed by atoms with Crippen molar-refractivity contribution in [3.63, 3.8) is 0 Å². The van der Waals surface area contributed by atoms with E-state index in [1.807, 2.05) is 13.8 Å². The monoisotopic (exact) mass is 167 g/mol. The molecule has 0 aliphatic heterocycles. The van der Waals surface area contributed by atoms with E-state index in [-0.39, 0.29) is 11.7 Å². The van der Waals surface area contributed by atoms with E-state index in [9.17, 15) is 4.79 Å². The molecule has 1 atom stereocenters. The van der Waals surface area contributed by atoms with E-state index in [0.717, 1.165) is 5.69 Å². The molecule has 0 spiro atoms. The van der Waals surface area contributed by atoms with E-state index < -0.39 is 0 Å². The highest BCUT2D eigenvalue weighted by atomic mass is 16.1. The Bertz CT molecular complexity index is 305. The second-order valence-corrected chi connectivity index (χ2v) is 3.10. The van der Waals surface area contributed by atoms with Crippen molar-refractivity contribution in [2.24, 2.45) is 11.7 Å². The molecule has 0 bridgehead atoms. The molecule has 0 fully saturated rings. The maximum absolute atomic E-state index is 10.8. The molecule has 0 saturated carbocycles. The van der Waals surface area contributed by atoms with Crippen LogP contribution in [0.3, 0.4) is 0 Å². The minimum Gasteiger partial charge on any atom is -0.323 e. The smallest absolute Gasteiger partial charge is 0.323 e. The van der Waals surface area contributed by atoms with Gasteiger partial charge in [-0.3, -0.25) is 0 Å². The molecule has 1 aromatic heterocycles. The number of nitrogens with one attached hydrogen (secondary N) is 1. The largest absolute Gasteiger partial charge is 0.345 e. The molecule has 66 valence electrons. The topological polar surface area (TPSA) is 71.8 Å². The summed E-state index contributed by atoms with van der Waals surface area (Å²) in [7, 11) is 0. The second kappa shape index (κ2) is 3.49. The van der Waals surface area contributed by atoms with Crippen molar-refractivity contribution in [2.75, 3.05) is 0 Å². The van der Waals surface area contributed by atoms with Gasteiger partial charge in [0.2, 0.25) is 0 Å². The molecule has 3 N–H and O–H groups in total. The van der Waals surface area contributed by atoms with Gasteiger partial charge < -0.3 is 10.7 Å². The van der Waals surface area contributed by atoms with Gasteiger partial charge in [-0.05, 0) is 12.0 Å². The third-order valence-electron chi connectivity index (χ3n) is 1.77. The third-order valence-corrected chi connectivity index (χ3v) is 1.77. The number of aromatic nitrogens is 2. The number of hydrogen-bond donors (Lipinski definition) is 2. The molecule has 1 unspecified atom stereocenters. The van der Waals surface area contributed by atoms with E-state index in [2.05, 4.69) is 9.97 Å². The molecular weight excluding hydrogens is 154 g/mol. The summed E-state index contributed by atoms with van der Waals surface area (Å²) in [5.74, 6) is 0.308. The lowest BCUT2D eigenvalue weighted by molar-refractivity contribution is 0.501. The van der Waals surface area contributed by atoms with Crippen LogP contribution in [-0.4, -0.2) is 9.97 Å². The Morgan fingerprint density at radius 3 is 2.75 bits per heavy atom. The van der Waals surface area contributed by atoms with Gasteiger partial charge in [-0.1, -0.05) is 13.8 Å². The fourth-order valence-corrected chi connectivity index (χ4v) is 0.936. The molecule has 0 aliphatic carbocycles. The van der Waals surface area contributed by atoms with Crippen molar-refractivity contribution < 1.29 is 0 Å². The van der Waals surface area contributed by atoms with Gasteiger partial charge in [0, 0.05) is 17.9 Å². The first kappa shape index (κ1) is 8.93. The van der Waals surface area contributed by atoms with Gasteiger partial charge in [0.1, 0.15) is 0 Å². The second-order valence-electron chi connectivity index (χ2n) is 3.10. The maximum atomic E-state index is 10.8. The summed E-state index contributed by atoms with van der Waals surface area (Å²) in [5.41, 5.74) is 6.21. The summed E-state index contributed by atoms with van der Waals surface area (Å²) in [5, 5.41) is 0. The van der Waals surface area contributed by atoms with Crippen LogP contribution in [0.15, 0.2) is 17.1 Å². The highest BCUT2D eigenvalue weighted by molar-refractivity contribution is 5.04. The normalized spacial score (nSPS) is 13.3. The number of rotatable bonds is 2. The van der Waals surface area contributed by atoms with Crippen LogP contribution in [0.4, 0.5) is 0 Å². The number of hydrogen-bond acceptors (Lipinski definition) is 3. The summed E-state index contributed by atoms with van der Waals surface area (Å²) in [6.45, 7) is 4.01. The van der Waals surface area contributed by atoms with Gasteiger partial charge >= 0.3 is 5.69 Å². The Kier molecular flexibility index (Phi) is 2.60. The van der Waals surface area contributed by atoms with Gasteiger partial charge in [-0.2, -0.15) is 0 Å². The van der Waals surface area contributed by atoms with Crippen LogP contribution in [0.5, 0.6) is 0 Å². The predicted octanol–water partition coefficient (Wildman–Crippen LogP) is 0.426. The van der Waals surface area contributed by atoms with Gasteiger partial charge in [0.05, 0.1) is 0 Å². The zero-order chi connectivity index (χ0) is 9.14. The Hall–Kier alpha value is -1.16. The van der Waals surface area contributed by atoms with Gasteiger partial charge in [-0.25, -0.2) is 9.78 Å². The highest BCUT2D eigenvalue weighted by Crippen LogP contribution is 2.14. The first-order valence-corrected chi connectivity index (χ1v) is 3.92. The number of nitrogens with zero attached hydrogens (tertiary/aromatic N) is 1. The van der Waals surface area contributed by atoms with E-state index >= 15 is 0 Å². The summed E-state index contributed by atoms with van der Waals surface area (Å²) >= 11 is 0. The molecule has 1 heterocycles. The lowest BCUT2D eigenvalue weighted by Gasteiger charge is -2.14. The minimum atomic E-state index is -0.344. The van der Waals surface area contributed by atoms with Crippen LogP contribution in [0.1, 0.15) is 25.6 Å². The average Bonchev–Trinajstić information content (AvgIpc) is 2.03. The van der Waals surface area contributed by atoms with Crippen molar-refractivity contribution in [1.82, 2.24) is 9.97 Å². The Morgan fingerprint density at radius 2 is 2.25 bits per heavy atom. The van der Waals surface area contributed by atoms with Crippen molar-refractivity contribution in [3.8, 4) is 0 Å². The van der Waals surface area contributed by atoms with E-state index in [1.54, 1.807) is 6.07 Å². The molecule has 1 rings (SSSR count). The van der Waals surface area contributed by atoms with Gasteiger partial charge in [0.15, 0.2) is 0 Å². The molecule has 12 heavy (non-hydrogen) atoms. The van der Waals surface area contributed by atoms with Crippen LogP contribution < -0.4 is 11.4 Å². The highest BCUT2D eigenvalue weighted by Gasteiger charge is 2.10. The van der Waals surface area contributed by atoms with Crippen LogP contribution in [-0.2, 0) is 0 Å². The zero-order valence-corrected chi connectivity index (χ0v) is 7.24. The van der Waals surface area contributed by atoms with E-state index in [4.69, 9.17) is 5.73 Å². The summed E-state index contributed by atoms with van der Waals surface area (Å²) < 4.78 is 0.